The highest BCUT2D eigenvalue weighted by atomic mass is 32.2. The van der Waals surface area contributed by atoms with Gasteiger partial charge in [-0.05, 0) is 63.3 Å². The number of allylic oxidation sites excluding steroid dienone is 1. The molecule has 0 bridgehead atoms. The van der Waals surface area contributed by atoms with Gasteiger partial charge < -0.3 is 5.32 Å². The van der Waals surface area contributed by atoms with Crippen LogP contribution in [-0.2, 0) is 10.0 Å². The number of hydrogen-bond acceptors (Lipinski definition) is 4. The minimum atomic E-state index is -3.59. The van der Waals surface area contributed by atoms with Gasteiger partial charge in [0.1, 0.15) is 5.82 Å². The lowest BCUT2D eigenvalue weighted by atomic mass is 9.97. The first kappa shape index (κ1) is 18.5. The van der Waals surface area contributed by atoms with Crippen molar-refractivity contribution in [1.29, 1.82) is 0 Å². The van der Waals surface area contributed by atoms with E-state index in [9.17, 15) is 8.42 Å². The Balaban J connectivity index is 1.55. The number of hydrogen-bond donors (Lipinski definition) is 2. The Morgan fingerprint density at radius 3 is 2.54 bits per heavy atom. The first-order valence-electron chi connectivity index (χ1n) is 9.00. The average molecular weight is 372 g/mol. The molecule has 0 radical (unpaired) electrons. The molecule has 1 aliphatic carbocycles. The minimum Gasteiger partial charge on any atom is -0.370 e. The van der Waals surface area contributed by atoms with Gasteiger partial charge in [-0.2, -0.15) is 0 Å². The van der Waals surface area contributed by atoms with Crippen molar-refractivity contribution in [3.63, 3.8) is 0 Å². The van der Waals surface area contributed by atoms with Crippen molar-refractivity contribution in [1.82, 2.24) is 4.98 Å². The molecule has 0 spiro atoms. The molecule has 0 amide bonds. The van der Waals surface area contributed by atoms with Crippen LogP contribution in [0.15, 0.2) is 59.1 Å². The van der Waals surface area contributed by atoms with E-state index >= 15 is 0 Å². The van der Waals surface area contributed by atoms with E-state index in [1.807, 2.05) is 6.92 Å². The van der Waals surface area contributed by atoms with E-state index in [1.54, 1.807) is 36.4 Å². The van der Waals surface area contributed by atoms with Crippen LogP contribution in [-0.4, -0.2) is 19.9 Å². The maximum Gasteiger partial charge on any atom is 0.261 e. The Morgan fingerprint density at radius 1 is 1.08 bits per heavy atom. The molecule has 0 fully saturated rings. The smallest absolute Gasteiger partial charge is 0.261 e. The van der Waals surface area contributed by atoms with Gasteiger partial charge in [-0.15, -0.1) is 0 Å². The zero-order valence-corrected chi connectivity index (χ0v) is 15.8. The number of aryl methyl sites for hydroxylation is 1. The van der Waals surface area contributed by atoms with Gasteiger partial charge in [0.05, 0.1) is 16.8 Å². The largest absolute Gasteiger partial charge is 0.370 e. The molecule has 6 heteroatoms. The van der Waals surface area contributed by atoms with E-state index < -0.39 is 10.0 Å². The first-order chi connectivity index (χ1) is 12.5. The van der Waals surface area contributed by atoms with Crippen LogP contribution in [0.4, 0.5) is 11.5 Å². The topological polar surface area (TPSA) is 71.1 Å². The zero-order chi connectivity index (χ0) is 18.4. The summed E-state index contributed by atoms with van der Waals surface area (Å²) in [6, 6.07) is 10.3. The van der Waals surface area contributed by atoms with Crippen LogP contribution in [0.1, 0.15) is 37.7 Å². The fraction of sp³-hybridized carbons (Fsp3) is 0.350. The molecule has 138 valence electrons. The zero-order valence-electron chi connectivity index (χ0n) is 15.0. The molecule has 0 saturated heterocycles. The molecular formula is C20H25N3O2S. The lowest BCUT2D eigenvalue weighted by Gasteiger charge is -2.13. The van der Waals surface area contributed by atoms with Crippen LogP contribution in [0, 0.1) is 6.92 Å². The van der Waals surface area contributed by atoms with Gasteiger partial charge in [0.25, 0.3) is 10.0 Å². The van der Waals surface area contributed by atoms with E-state index in [4.69, 9.17) is 0 Å². The molecule has 1 aromatic heterocycles. The van der Waals surface area contributed by atoms with E-state index in [0.717, 1.165) is 24.3 Å². The lowest BCUT2D eigenvalue weighted by Crippen LogP contribution is -2.13. The molecule has 1 aliphatic rings. The number of sulfonamides is 1. The molecule has 3 rings (SSSR count). The lowest BCUT2D eigenvalue weighted by molar-refractivity contribution is 0.601. The van der Waals surface area contributed by atoms with Crippen LogP contribution < -0.4 is 10.0 Å². The van der Waals surface area contributed by atoms with Crippen molar-refractivity contribution in [2.45, 2.75) is 43.9 Å². The van der Waals surface area contributed by atoms with Gasteiger partial charge in [0.15, 0.2) is 0 Å². The Morgan fingerprint density at radius 2 is 1.88 bits per heavy atom. The summed E-state index contributed by atoms with van der Waals surface area (Å²) in [5.41, 5.74) is 2.99. The van der Waals surface area contributed by atoms with Crippen molar-refractivity contribution >= 4 is 21.5 Å². The number of rotatable bonds is 7. The van der Waals surface area contributed by atoms with Gasteiger partial charge in [0.2, 0.25) is 0 Å². The third-order valence-electron chi connectivity index (χ3n) is 4.48. The molecule has 5 nitrogen and oxygen atoms in total. The Bertz CT molecular complexity index is 857. The molecule has 0 unspecified atom stereocenters. The van der Waals surface area contributed by atoms with Crippen LogP contribution >= 0.6 is 0 Å². The number of nitrogens with one attached hydrogen (secondary N) is 2. The number of aromatic nitrogens is 1. The molecule has 1 aromatic carbocycles. The van der Waals surface area contributed by atoms with Crippen molar-refractivity contribution in [2.75, 3.05) is 16.6 Å². The van der Waals surface area contributed by atoms with Crippen LogP contribution in [0.5, 0.6) is 0 Å². The van der Waals surface area contributed by atoms with Gasteiger partial charge in [-0.1, -0.05) is 29.3 Å². The number of pyridine rings is 1. The van der Waals surface area contributed by atoms with Crippen LogP contribution in [0.2, 0.25) is 0 Å². The number of nitrogens with zero attached hydrogens (tertiary/aromatic N) is 1. The maximum atomic E-state index is 12.4. The molecule has 0 aliphatic heterocycles. The number of benzene rings is 1. The summed E-state index contributed by atoms with van der Waals surface area (Å²) in [6.45, 7) is 2.76. The van der Waals surface area contributed by atoms with Gasteiger partial charge in [0, 0.05) is 6.54 Å². The van der Waals surface area contributed by atoms with Crippen molar-refractivity contribution in [2.24, 2.45) is 0 Å². The maximum absolute atomic E-state index is 12.4. The second-order valence-electron chi connectivity index (χ2n) is 6.64. The molecule has 1 heterocycles. The predicted molar refractivity (Wildman–Crippen MR) is 106 cm³/mol. The fourth-order valence-electron chi connectivity index (χ4n) is 2.97. The number of anilines is 2. The molecule has 26 heavy (non-hydrogen) atoms. The molecule has 2 aromatic rings. The summed E-state index contributed by atoms with van der Waals surface area (Å²) in [5.74, 6) is 0.750. The highest BCUT2D eigenvalue weighted by Crippen LogP contribution is 2.20. The standard InChI is InChI=1S/C20H25N3O2S/c1-16-7-10-19(11-8-16)26(24,25)23-18-9-12-20(22-15-18)21-14-13-17-5-3-2-4-6-17/h5,7-12,15,23H,2-4,6,13-14H2,1H3,(H,21,22). The predicted octanol–water partition coefficient (Wildman–Crippen LogP) is 4.49. The monoisotopic (exact) mass is 371 g/mol. The second kappa shape index (κ2) is 8.36. The van der Waals surface area contributed by atoms with Crippen LogP contribution in [0.3, 0.4) is 0 Å². The molecular weight excluding hydrogens is 346 g/mol. The quantitative estimate of drug-likeness (QED) is 0.703. The second-order valence-corrected chi connectivity index (χ2v) is 8.32. The average Bonchev–Trinajstić information content (AvgIpc) is 2.64. The molecule has 0 atom stereocenters. The molecule has 2 N–H and O–H groups in total. The van der Waals surface area contributed by atoms with Gasteiger partial charge in [-0.3, -0.25) is 4.72 Å². The van der Waals surface area contributed by atoms with E-state index in [2.05, 4.69) is 21.1 Å². The summed E-state index contributed by atoms with van der Waals surface area (Å²) in [6.07, 6.45) is 9.91. The van der Waals surface area contributed by atoms with Crippen LogP contribution in [0.25, 0.3) is 0 Å². The Kier molecular flexibility index (Phi) is 5.93. The summed E-state index contributed by atoms with van der Waals surface area (Å²) in [4.78, 5) is 4.54. The Hall–Kier alpha value is -2.34. The summed E-state index contributed by atoms with van der Waals surface area (Å²) in [5, 5.41) is 3.29. The fourth-order valence-corrected chi connectivity index (χ4v) is 4.02. The Labute approximate surface area is 155 Å². The van der Waals surface area contributed by atoms with E-state index in [1.165, 1.54) is 37.5 Å². The minimum absolute atomic E-state index is 0.242. The summed E-state index contributed by atoms with van der Waals surface area (Å²) < 4.78 is 27.3. The highest BCUT2D eigenvalue weighted by molar-refractivity contribution is 7.92. The van der Waals surface area contributed by atoms with Gasteiger partial charge >= 0.3 is 0 Å². The van der Waals surface area contributed by atoms with Crippen molar-refractivity contribution in [3.05, 3.63) is 59.8 Å². The van der Waals surface area contributed by atoms with E-state index in [0.29, 0.717) is 5.69 Å². The summed E-state index contributed by atoms with van der Waals surface area (Å²) in [7, 11) is -3.59. The summed E-state index contributed by atoms with van der Waals surface area (Å²) >= 11 is 0. The highest BCUT2D eigenvalue weighted by Gasteiger charge is 2.14. The van der Waals surface area contributed by atoms with Crippen molar-refractivity contribution in [3.8, 4) is 0 Å². The third kappa shape index (κ3) is 5.08. The molecule has 0 saturated carbocycles. The van der Waals surface area contributed by atoms with Gasteiger partial charge in [-0.25, -0.2) is 13.4 Å². The van der Waals surface area contributed by atoms with E-state index in [-0.39, 0.29) is 4.90 Å². The third-order valence-corrected chi connectivity index (χ3v) is 5.88. The SMILES string of the molecule is Cc1ccc(S(=O)(=O)Nc2ccc(NCCC3=CCCCC3)nc2)cc1. The normalized spacial score (nSPS) is 14.6. The van der Waals surface area contributed by atoms with Crippen molar-refractivity contribution < 1.29 is 8.42 Å². The first-order valence-corrected chi connectivity index (χ1v) is 10.5.